The van der Waals surface area contributed by atoms with Gasteiger partial charge < -0.3 is 15.5 Å². The van der Waals surface area contributed by atoms with Crippen molar-refractivity contribution in [2.75, 3.05) is 18.4 Å². The molecule has 0 unspecified atom stereocenters. The van der Waals surface area contributed by atoms with Crippen molar-refractivity contribution < 1.29 is 14.4 Å². The molecule has 0 saturated heterocycles. The van der Waals surface area contributed by atoms with Gasteiger partial charge in [-0.25, -0.2) is 0 Å². The number of rotatable bonds is 7. The molecule has 3 amide bonds. The van der Waals surface area contributed by atoms with E-state index in [9.17, 15) is 14.4 Å². The lowest BCUT2D eigenvalue weighted by molar-refractivity contribution is -0.125. The van der Waals surface area contributed by atoms with Gasteiger partial charge in [-0.05, 0) is 56.5 Å². The van der Waals surface area contributed by atoms with Crippen LogP contribution in [0.15, 0.2) is 48.5 Å². The van der Waals surface area contributed by atoms with Gasteiger partial charge >= 0.3 is 0 Å². The van der Waals surface area contributed by atoms with Crippen molar-refractivity contribution in [1.82, 2.24) is 10.2 Å². The molecule has 0 atom stereocenters. The Morgan fingerprint density at radius 1 is 0.903 bits per heavy atom. The second kappa shape index (κ2) is 10.8. The first kappa shape index (κ1) is 22.5. The smallest absolute Gasteiger partial charge is 0.254 e. The highest BCUT2D eigenvalue weighted by molar-refractivity contribution is 5.98. The third kappa shape index (κ3) is 6.67. The molecule has 0 aliphatic heterocycles. The summed E-state index contributed by atoms with van der Waals surface area (Å²) in [5.41, 5.74) is 3.33. The third-order valence-electron chi connectivity index (χ3n) is 5.60. The molecule has 164 valence electrons. The minimum Gasteiger partial charge on any atom is -0.345 e. The van der Waals surface area contributed by atoms with E-state index < -0.39 is 0 Å². The SMILES string of the molecule is Cc1cccc(NC(=O)CNC(=O)CN(C(=O)c2cccc(C)c2)C2CCCCC2)c1. The minimum absolute atomic E-state index is 0.0465. The van der Waals surface area contributed by atoms with E-state index in [1.807, 2.05) is 50.2 Å². The Morgan fingerprint density at radius 2 is 1.58 bits per heavy atom. The normalized spacial score (nSPS) is 14.0. The van der Waals surface area contributed by atoms with Crippen molar-refractivity contribution in [1.29, 1.82) is 0 Å². The predicted molar refractivity (Wildman–Crippen MR) is 122 cm³/mol. The van der Waals surface area contributed by atoms with Crippen LogP contribution >= 0.6 is 0 Å². The van der Waals surface area contributed by atoms with E-state index in [2.05, 4.69) is 10.6 Å². The van der Waals surface area contributed by atoms with Gasteiger partial charge in [-0.2, -0.15) is 0 Å². The van der Waals surface area contributed by atoms with Gasteiger partial charge in [-0.15, -0.1) is 0 Å². The summed E-state index contributed by atoms with van der Waals surface area (Å²) >= 11 is 0. The monoisotopic (exact) mass is 421 g/mol. The van der Waals surface area contributed by atoms with Crippen LogP contribution in [0.1, 0.15) is 53.6 Å². The van der Waals surface area contributed by atoms with Crippen molar-refractivity contribution in [3.63, 3.8) is 0 Å². The van der Waals surface area contributed by atoms with Crippen LogP contribution in [0.5, 0.6) is 0 Å². The number of aryl methyl sites for hydroxylation is 2. The van der Waals surface area contributed by atoms with Crippen LogP contribution in [-0.2, 0) is 9.59 Å². The number of hydrogen-bond donors (Lipinski definition) is 2. The first-order valence-corrected chi connectivity index (χ1v) is 10.9. The van der Waals surface area contributed by atoms with Crippen molar-refractivity contribution >= 4 is 23.4 Å². The second-order valence-electron chi connectivity index (χ2n) is 8.29. The highest BCUT2D eigenvalue weighted by atomic mass is 16.2. The lowest BCUT2D eigenvalue weighted by Crippen LogP contribution is -2.48. The number of nitrogens with one attached hydrogen (secondary N) is 2. The highest BCUT2D eigenvalue weighted by Crippen LogP contribution is 2.24. The van der Waals surface area contributed by atoms with E-state index in [1.54, 1.807) is 17.0 Å². The van der Waals surface area contributed by atoms with Crippen LogP contribution in [0, 0.1) is 13.8 Å². The van der Waals surface area contributed by atoms with Crippen molar-refractivity contribution in [3.05, 3.63) is 65.2 Å². The summed E-state index contributed by atoms with van der Waals surface area (Å²) in [5, 5.41) is 5.44. The lowest BCUT2D eigenvalue weighted by Gasteiger charge is -2.34. The molecule has 1 saturated carbocycles. The fourth-order valence-corrected chi connectivity index (χ4v) is 4.02. The first-order valence-electron chi connectivity index (χ1n) is 10.9. The highest BCUT2D eigenvalue weighted by Gasteiger charge is 2.28. The fraction of sp³-hybridized carbons (Fsp3) is 0.400. The largest absolute Gasteiger partial charge is 0.345 e. The molecule has 6 heteroatoms. The van der Waals surface area contributed by atoms with E-state index in [0.717, 1.165) is 43.2 Å². The maximum atomic E-state index is 13.2. The summed E-state index contributed by atoms with van der Waals surface area (Å²) in [6.45, 7) is 3.71. The summed E-state index contributed by atoms with van der Waals surface area (Å²) in [7, 11) is 0. The number of carbonyl (C=O) groups excluding carboxylic acids is 3. The topological polar surface area (TPSA) is 78.5 Å². The van der Waals surface area contributed by atoms with Gasteiger partial charge in [0.05, 0.1) is 6.54 Å². The number of amides is 3. The number of carbonyl (C=O) groups is 3. The van der Waals surface area contributed by atoms with E-state index in [1.165, 1.54) is 0 Å². The van der Waals surface area contributed by atoms with Crippen LogP contribution in [0.4, 0.5) is 5.69 Å². The molecule has 1 aliphatic carbocycles. The van der Waals surface area contributed by atoms with E-state index in [4.69, 9.17) is 0 Å². The number of hydrogen-bond acceptors (Lipinski definition) is 3. The van der Waals surface area contributed by atoms with Gasteiger partial charge in [-0.1, -0.05) is 49.1 Å². The van der Waals surface area contributed by atoms with Crippen LogP contribution < -0.4 is 10.6 Å². The summed E-state index contributed by atoms with van der Waals surface area (Å²) in [6.07, 6.45) is 5.08. The van der Waals surface area contributed by atoms with E-state index in [0.29, 0.717) is 11.3 Å². The third-order valence-corrected chi connectivity index (χ3v) is 5.60. The van der Waals surface area contributed by atoms with Crippen molar-refractivity contribution in [2.24, 2.45) is 0 Å². The van der Waals surface area contributed by atoms with Gasteiger partial charge in [0.2, 0.25) is 11.8 Å². The summed E-state index contributed by atoms with van der Waals surface area (Å²) in [4.78, 5) is 39.7. The van der Waals surface area contributed by atoms with Gasteiger partial charge in [-0.3, -0.25) is 14.4 Å². The zero-order valence-electron chi connectivity index (χ0n) is 18.3. The standard InChI is InChI=1S/C25H31N3O3/c1-18-8-6-10-20(14-18)25(31)28(22-12-4-3-5-13-22)17-24(30)26-16-23(29)27-21-11-7-9-19(2)15-21/h6-11,14-15,22H,3-5,12-13,16-17H2,1-2H3,(H,26,30)(H,27,29). The molecule has 0 spiro atoms. The molecule has 2 aromatic carbocycles. The zero-order valence-corrected chi connectivity index (χ0v) is 18.3. The summed E-state index contributed by atoms with van der Waals surface area (Å²) < 4.78 is 0. The Labute approximate surface area is 184 Å². The maximum absolute atomic E-state index is 13.2. The van der Waals surface area contributed by atoms with Crippen LogP contribution in [0.25, 0.3) is 0 Å². The van der Waals surface area contributed by atoms with Gasteiger partial charge in [0.25, 0.3) is 5.91 Å². The summed E-state index contributed by atoms with van der Waals surface area (Å²) in [6, 6.07) is 15.0. The Morgan fingerprint density at radius 3 is 2.26 bits per heavy atom. The molecule has 0 heterocycles. The molecule has 0 radical (unpaired) electrons. The molecule has 2 aromatic rings. The molecule has 1 fully saturated rings. The van der Waals surface area contributed by atoms with Crippen LogP contribution in [-0.4, -0.2) is 41.8 Å². The quantitative estimate of drug-likeness (QED) is 0.713. The van der Waals surface area contributed by atoms with Gasteiger partial charge in [0.15, 0.2) is 0 Å². The maximum Gasteiger partial charge on any atom is 0.254 e. The minimum atomic E-state index is -0.328. The second-order valence-corrected chi connectivity index (χ2v) is 8.29. The van der Waals surface area contributed by atoms with E-state index >= 15 is 0 Å². The van der Waals surface area contributed by atoms with Crippen molar-refractivity contribution in [3.8, 4) is 0 Å². The number of nitrogens with zero attached hydrogens (tertiary/aromatic N) is 1. The first-order chi connectivity index (χ1) is 14.9. The zero-order chi connectivity index (χ0) is 22.2. The molecular formula is C25H31N3O3. The average molecular weight is 422 g/mol. The molecule has 2 N–H and O–H groups in total. The van der Waals surface area contributed by atoms with E-state index in [-0.39, 0.29) is 36.9 Å². The molecular weight excluding hydrogens is 390 g/mol. The van der Waals surface area contributed by atoms with Gasteiger partial charge in [0.1, 0.15) is 6.54 Å². The fourth-order valence-electron chi connectivity index (χ4n) is 4.02. The Balaban J connectivity index is 1.61. The number of anilines is 1. The molecule has 0 bridgehead atoms. The van der Waals surface area contributed by atoms with Crippen LogP contribution in [0.2, 0.25) is 0 Å². The van der Waals surface area contributed by atoms with Crippen LogP contribution in [0.3, 0.4) is 0 Å². The Kier molecular flexibility index (Phi) is 7.82. The molecule has 6 nitrogen and oxygen atoms in total. The average Bonchev–Trinajstić information content (AvgIpc) is 2.76. The lowest BCUT2D eigenvalue weighted by atomic mass is 9.93. The summed E-state index contributed by atoms with van der Waals surface area (Å²) in [5.74, 6) is -0.755. The molecule has 3 rings (SSSR count). The molecule has 31 heavy (non-hydrogen) atoms. The molecule has 0 aromatic heterocycles. The Bertz CT molecular complexity index is 935. The predicted octanol–water partition coefficient (Wildman–Crippen LogP) is 3.83. The Hall–Kier alpha value is -3.15. The molecule has 1 aliphatic rings. The van der Waals surface area contributed by atoms with Gasteiger partial charge in [0, 0.05) is 17.3 Å². The van der Waals surface area contributed by atoms with Crippen molar-refractivity contribution in [2.45, 2.75) is 52.0 Å². The number of benzene rings is 2.